The average Bonchev–Trinajstić information content (AvgIpc) is 3.27. The Labute approximate surface area is 202 Å². The molecule has 0 bridgehead atoms. The zero-order valence-corrected chi connectivity index (χ0v) is 19.8. The summed E-state index contributed by atoms with van der Waals surface area (Å²) in [6, 6.07) is 13.5. The summed E-state index contributed by atoms with van der Waals surface area (Å²) in [5.74, 6) is 1.05. The Kier molecular flexibility index (Phi) is 8.64. The van der Waals surface area contributed by atoms with E-state index in [0.29, 0.717) is 35.9 Å². The number of anilines is 1. The first kappa shape index (κ1) is 26.0. The van der Waals surface area contributed by atoms with Crippen molar-refractivity contribution in [3.8, 4) is 11.5 Å². The number of halogens is 3. The van der Waals surface area contributed by atoms with Crippen LogP contribution in [0, 0.1) is 0 Å². The maximum absolute atomic E-state index is 13.1. The zero-order valence-electron chi connectivity index (χ0n) is 19.8. The van der Waals surface area contributed by atoms with Gasteiger partial charge in [-0.2, -0.15) is 13.2 Å². The van der Waals surface area contributed by atoms with E-state index in [1.165, 1.54) is 20.3 Å². The van der Waals surface area contributed by atoms with Crippen molar-refractivity contribution in [3.05, 3.63) is 77.6 Å². The van der Waals surface area contributed by atoms with Gasteiger partial charge in [0.2, 0.25) is 0 Å². The fourth-order valence-corrected chi connectivity index (χ4v) is 3.52. The monoisotopic (exact) mass is 491 g/mol. The molecule has 0 aliphatic carbocycles. The van der Waals surface area contributed by atoms with E-state index in [2.05, 4.69) is 5.32 Å². The molecule has 188 valence electrons. The van der Waals surface area contributed by atoms with Crippen LogP contribution in [0.2, 0.25) is 0 Å². The molecule has 3 rings (SSSR count). The molecule has 0 saturated carbocycles. The van der Waals surface area contributed by atoms with Crippen molar-refractivity contribution in [1.29, 1.82) is 0 Å². The predicted octanol–water partition coefficient (Wildman–Crippen LogP) is 5.25. The first-order valence-corrected chi connectivity index (χ1v) is 10.8. The molecule has 3 aromatic rings. The third-order valence-corrected chi connectivity index (χ3v) is 5.34. The van der Waals surface area contributed by atoms with Gasteiger partial charge in [0.15, 0.2) is 0 Å². The maximum Gasteiger partial charge on any atom is 0.416 e. The molecule has 2 aromatic carbocycles. The van der Waals surface area contributed by atoms with E-state index < -0.39 is 11.7 Å². The molecule has 0 aliphatic rings. The minimum absolute atomic E-state index is 0.224. The number of rotatable bonds is 10. The molecule has 0 spiro atoms. The van der Waals surface area contributed by atoms with Crippen molar-refractivity contribution in [1.82, 2.24) is 9.47 Å². The molecule has 0 radical (unpaired) electrons. The van der Waals surface area contributed by atoms with Crippen LogP contribution in [0.15, 0.2) is 60.8 Å². The number of nitrogens with one attached hydrogen (secondary N) is 1. The van der Waals surface area contributed by atoms with Crippen LogP contribution in [0.4, 0.5) is 23.7 Å². The Morgan fingerprint density at radius 3 is 2.34 bits per heavy atom. The molecule has 0 fully saturated rings. The van der Waals surface area contributed by atoms with Crippen molar-refractivity contribution in [3.63, 3.8) is 0 Å². The van der Waals surface area contributed by atoms with Gasteiger partial charge in [-0.3, -0.25) is 0 Å². The Morgan fingerprint density at radius 1 is 1.00 bits per heavy atom. The van der Waals surface area contributed by atoms with Crippen LogP contribution in [0.5, 0.6) is 11.5 Å². The van der Waals surface area contributed by atoms with E-state index in [1.807, 2.05) is 10.6 Å². The predicted molar refractivity (Wildman–Crippen MR) is 126 cm³/mol. The summed E-state index contributed by atoms with van der Waals surface area (Å²) in [4.78, 5) is 14.7. The number of hydrogen-bond donors (Lipinski definition) is 1. The molecule has 2 amide bonds. The van der Waals surface area contributed by atoms with E-state index in [4.69, 9.17) is 14.2 Å². The van der Waals surface area contributed by atoms with E-state index in [1.54, 1.807) is 48.5 Å². The van der Waals surface area contributed by atoms with Gasteiger partial charge in [-0.1, -0.05) is 12.1 Å². The fraction of sp³-hybridized carbons (Fsp3) is 0.320. The molecule has 10 heteroatoms. The number of amides is 2. The third-order valence-electron chi connectivity index (χ3n) is 5.34. The van der Waals surface area contributed by atoms with E-state index in [9.17, 15) is 18.0 Å². The number of hydrogen-bond acceptors (Lipinski definition) is 4. The van der Waals surface area contributed by atoms with Crippen LogP contribution >= 0.6 is 0 Å². The summed E-state index contributed by atoms with van der Waals surface area (Å²) in [6.07, 6.45) is -2.64. The fourth-order valence-electron chi connectivity index (χ4n) is 3.52. The van der Waals surface area contributed by atoms with Gasteiger partial charge in [-0.25, -0.2) is 4.79 Å². The quantitative estimate of drug-likeness (QED) is 0.421. The molecular weight excluding hydrogens is 463 g/mol. The van der Waals surface area contributed by atoms with Crippen molar-refractivity contribution >= 4 is 11.7 Å². The van der Waals surface area contributed by atoms with Gasteiger partial charge in [0.05, 0.1) is 32.9 Å². The Bertz CT molecular complexity index is 1110. The molecular formula is C25H28F3N3O4. The summed E-state index contributed by atoms with van der Waals surface area (Å²) < 4.78 is 56.8. The summed E-state index contributed by atoms with van der Waals surface area (Å²) >= 11 is 0. The average molecular weight is 492 g/mol. The first-order valence-electron chi connectivity index (χ1n) is 10.8. The van der Waals surface area contributed by atoms with Crippen LogP contribution in [0.25, 0.3) is 0 Å². The number of carbonyl (C=O) groups excluding carboxylic acids is 1. The van der Waals surface area contributed by atoms with Crippen molar-refractivity contribution in [2.45, 2.75) is 19.3 Å². The molecule has 1 heterocycles. The third kappa shape index (κ3) is 7.16. The highest BCUT2D eigenvalue weighted by molar-refractivity contribution is 5.89. The topological polar surface area (TPSA) is 65.0 Å². The number of carbonyl (C=O) groups is 1. The summed E-state index contributed by atoms with van der Waals surface area (Å²) in [5.41, 5.74) is 1.07. The second-order valence-electron chi connectivity index (χ2n) is 7.77. The summed E-state index contributed by atoms with van der Waals surface area (Å²) in [5, 5.41) is 2.84. The van der Waals surface area contributed by atoms with Crippen LogP contribution in [0.3, 0.4) is 0 Å². The number of ether oxygens (including phenoxy) is 3. The summed E-state index contributed by atoms with van der Waals surface area (Å²) in [6.45, 7) is 1.07. The lowest BCUT2D eigenvalue weighted by Crippen LogP contribution is -2.37. The highest BCUT2D eigenvalue weighted by Crippen LogP contribution is 2.30. The molecule has 0 unspecified atom stereocenters. The number of alkyl halides is 3. The number of methoxy groups -OCH3 is 3. The SMILES string of the molecule is COCCN(Cc1cccn1Cc1cccc(C(F)(F)F)c1)C(=O)Nc1cc(OC)cc(OC)c1. The van der Waals surface area contributed by atoms with Gasteiger partial charge in [-0.15, -0.1) is 0 Å². The molecule has 0 aliphatic heterocycles. The van der Waals surface area contributed by atoms with Gasteiger partial charge >= 0.3 is 12.2 Å². The van der Waals surface area contributed by atoms with Crippen molar-refractivity contribution < 1.29 is 32.2 Å². The van der Waals surface area contributed by atoms with Gasteiger partial charge in [-0.05, 0) is 29.8 Å². The van der Waals surface area contributed by atoms with E-state index >= 15 is 0 Å². The first-order chi connectivity index (χ1) is 16.7. The van der Waals surface area contributed by atoms with Gasteiger partial charge in [0, 0.05) is 56.0 Å². The number of aromatic nitrogens is 1. The van der Waals surface area contributed by atoms with Gasteiger partial charge in [0.25, 0.3) is 0 Å². The zero-order chi connectivity index (χ0) is 25.4. The van der Waals surface area contributed by atoms with Crippen molar-refractivity contribution in [2.24, 2.45) is 0 Å². The minimum atomic E-state index is -4.41. The number of urea groups is 1. The summed E-state index contributed by atoms with van der Waals surface area (Å²) in [7, 11) is 4.58. The molecule has 0 atom stereocenters. The van der Waals surface area contributed by atoms with Crippen molar-refractivity contribution in [2.75, 3.05) is 39.8 Å². The molecule has 0 saturated heterocycles. The van der Waals surface area contributed by atoms with Gasteiger partial charge in [0.1, 0.15) is 11.5 Å². The van der Waals surface area contributed by atoms with Crippen LogP contribution in [-0.4, -0.2) is 50.0 Å². The molecule has 7 nitrogen and oxygen atoms in total. The van der Waals surface area contributed by atoms with Crippen LogP contribution < -0.4 is 14.8 Å². The lowest BCUT2D eigenvalue weighted by atomic mass is 10.1. The Morgan fingerprint density at radius 2 is 1.71 bits per heavy atom. The smallest absolute Gasteiger partial charge is 0.416 e. The highest BCUT2D eigenvalue weighted by Gasteiger charge is 2.30. The second kappa shape index (κ2) is 11.7. The molecule has 35 heavy (non-hydrogen) atoms. The lowest BCUT2D eigenvalue weighted by Gasteiger charge is -2.24. The number of nitrogens with zero attached hydrogens (tertiary/aromatic N) is 2. The highest BCUT2D eigenvalue weighted by atomic mass is 19.4. The minimum Gasteiger partial charge on any atom is -0.497 e. The number of benzene rings is 2. The Hall–Kier alpha value is -3.66. The van der Waals surface area contributed by atoms with Gasteiger partial charge < -0.3 is 29.0 Å². The largest absolute Gasteiger partial charge is 0.497 e. The van der Waals surface area contributed by atoms with Crippen LogP contribution in [0.1, 0.15) is 16.8 Å². The molecule has 1 N–H and O–H groups in total. The van der Waals surface area contributed by atoms with E-state index in [0.717, 1.165) is 17.8 Å². The normalized spacial score (nSPS) is 11.3. The standard InChI is InChI=1S/C25H28F3N3O4/c1-33-11-10-31(24(32)29-20-13-22(34-2)15-23(14-20)35-3)17-21-8-5-9-30(21)16-18-6-4-7-19(12-18)25(26,27)28/h4-9,12-15H,10-11,16-17H2,1-3H3,(H,29,32). The second-order valence-corrected chi connectivity index (χ2v) is 7.77. The van der Waals surface area contributed by atoms with Crippen LogP contribution in [-0.2, 0) is 24.0 Å². The molecule has 1 aromatic heterocycles. The maximum atomic E-state index is 13.1. The Balaban J connectivity index is 1.78. The van der Waals surface area contributed by atoms with E-state index in [-0.39, 0.29) is 19.1 Å². The lowest BCUT2D eigenvalue weighted by molar-refractivity contribution is -0.137.